The number of hydrogen-bond acceptors (Lipinski definition) is 5. The molecule has 0 aromatic heterocycles. The van der Waals surface area contributed by atoms with E-state index in [0.717, 1.165) is 0 Å². The quantitative estimate of drug-likeness (QED) is 0.723. The number of carbonyl (C=O) groups is 2. The molecule has 1 heterocycles. The van der Waals surface area contributed by atoms with Crippen molar-refractivity contribution in [3.63, 3.8) is 0 Å². The summed E-state index contributed by atoms with van der Waals surface area (Å²) in [6.07, 6.45) is 0.307. The van der Waals surface area contributed by atoms with Crippen molar-refractivity contribution in [3.05, 3.63) is 42.2 Å². The van der Waals surface area contributed by atoms with Crippen LogP contribution in [0.2, 0.25) is 0 Å². The molecule has 3 rings (SSSR count). The third kappa shape index (κ3) is 4.73. The first-order chi connectivity index (χ1) is 14.4. The maximum atomic E-state index is 13.1. The maximum Gasteiger partial charge on any atom is 0.319 e. The topological polar surface area (TPSA) is 89.1 Å². The fourth-order valence-corrected chi connectivity index (χ4v) is 3.35. The number of carbonyl (C=O) groups excluding carboxylic acids is 2. The van der Waals surface area contributed by atoms with Crippen LogP contribution in [0, 0.1) is 11.7 Å². The Labute approximate surface area is 173 Å². The zero-order valence-electron chi connectivity index (χ0n) is 17.0. The molecule has 0 unspecified atom stereocenters. The van der Waals surface area contributed by atoms with Gasteiger partial charge in [0, 0.05) is 43.2 Å². The summed E-state index contributed by atoms with van der Waals surface area (Å²) in [5, 5.41) is 5.50. The van der Waals surface area contributed by atoms with Crippen LogP contribution in [0.3, 0.4) is 0 Å². The summed E-state index contributed by atoms with van der Waals surface area (Å²) in [7, 11) is 4.48. The smallest absolute Gasteiger partial charge is 0.319 e. The summed E-state index contributed by atoms with van der Waals surface area (Å²) in [6, 6.07) is 8.60. The number of anilines is 2. The van der Waals surface area contributed by atoms with Gasteiger partial charge in [0.25, 0.3) is 0 Å². The lowest BCUT2D eigenvalue weighted by Gasteiger charge is -2.17. The number of nitrogens with one attached hydrogen (secondary N) is 2. The first kappa shape index (κ1) is 21.2. The van der Waals surface area contributed by atoms with Crippen molar-refractivity contribution in [2.75, 3.05) is 44.6 Å². The number of amides is 3. The monoisotopic (exact) mass is 417 g/mol. The maximum absolute atomic E-state index is 13.1. The lowest BCUT2D eigenvalue weighted by molar-refractivity contribution is -0.117. The lowest BCUT2D eigenvalue weighted by atomic mass is 10.1. The summed E-state index contributed by atoms with van der Waals surface area (Å²) in [4.78, 5) is 26.2. The van der Waals surface area contributed by atoms with Gasteiger partial charge in [-0.3, -0.25) is 4.79 Å². The molecule has 1 aliphatic heterocycles. The average Bonchev–Trinajstić information content (AvgIpc) is 3.12. The van der Waals surface area contributed by atoms with E-state index >= 15 is 0 Å². The van der Waals surface area contributed by atoms with Crippen LogP contribution in [0.4, 0.5) is 20.6 Å². The molecule has 0 bridgehead atoms. The Morgan fingerprint density at radius 1 is 1.10 bits per heavy atom. The van der Waals surface area contributed by atoms with Gasteiger partial charge in [0.2, 0.25) is 11.7 Å². The first-order valence-corrected chi connectivity index (χ1v) is 9.36. The van der Waals surface area contributed by atoms with Crippen molar-refractivity contribution >= 4 is 23.3 Å². The molecule has 1 atom stereocenters. The zero-order chi connectivity index (χ0) is 21.7. The van der Waals surface area contributed by atoms with Crippen LogP contribution in [0.1, 0.15) is 6.42 Å². The molecule has 9 heteroatoms. The molecule has 1 fully saturated rings. The molecule has 2 N–H and O–H groups in total. The number of benzene rings is 2. The van der Waals surface area contributed by atoms with Crippen molar-refractivity contribution < 1.29 is 28.2 Å². The van der Waals surface area contributed by atoms with Crippen molar-refractivity contribution in [1.29, 1.82) is 0 Å². The number of halogens is 1. The summed E-state index contributed by atoms with van der Waals surface area (Å²) in [5.41, 5.74) is 1.11. The van der Waals surface area contributed by atoms with E-state index < -0.39 is 6.03 Å². The largest absolute Gasteiger partial charge is 0.493 e. The van der Waals surface area contributed by atoms with E-state index in [9.17, 15) is 14.0 Å². The number of nitrogens with zero attached hydrogens (tertiary/aromatic N) is 1. The van der Waals surface area contributed by atoms with Crippen LogP contribution < -0.4 is 29.7 Å². The summed E-state index contributed by atoms with van der Waals surface area (Å²) in [6.45, 7) is 0.772. The van der Waals surface area contributed by atoms with E-state index in [1.807, 2.05) is 0 Å². The van der Waals surface area contributed by atoms with Gasteiger partial charge in [0.15, 0.2) is 11.5 Å². The number of urea groups is 1. The fourth-order valence-electron chi connectivity index (χ4n) is 3.35. The Morgan fingerprint density at radius 2 is 1.73 bits per heavy atom. The highest BCUT2D eigenvalue weighted by atomic mass is 19.1. The second kappa shape index (κ2) is 9.34. The molecular weight excluding hydrogens is 393 g/mol. The summed E-state index contributed by atoms with van der Waals surface area (Å²) >= 11 is 0. The summed E-state index contributed by atoms with van der Waals surface area (Å²) < 4.78 is 28.9. The highest BCUT2D eigenvalue weighted by Gasteiger charge is 2.30. The van der Waals surface area contributed by atoms with E-state index in [0.29, 0.717) is 48.1 Å². The minimum atomic E-state index is -0.419. The minimum absolute atomic E-state index is 0.0479. The van der Waals surface area contributed by atoms with Gasteiger partial charge >= 0.3 is 6.03 Å². The number of ether oxygens (including phenoxy) is 3. The third-order valence-electron chi connectivity index (χ3n) is 4.82. The van der Waals surface area contributed by atoms with E-state index in [4.69, 9.17) is 14.2 Å². The molecule has 1 saturated heterocycles. The first-order valence-electron chi connectivity index (χ1n) is 9.36. The number of rotatable bonds is 7. The van der Waals surface area contributed by atoms with Crippen LogP contribution >= 0.6 is 0 Å². The summed E-state index contributed by atoms with van der Waals surface area (Å²) in [5.74, 6) is 0.807. The molecule has 3 amide bonds. The van der Waals surface area contributed by atoms with Gasteiger partial charge in [-0.05, 0) is 24.3 Å². The lowest BCUT2D eigenvalue weighted by Crippen LogP contribution is -2.34. The predicted octanol–water partition coefficient (Wildman–Crippen LogP) is 3.03. The third-order valence-corrected chi connectivity index (χ3v) is 4.82. The van der Waals surface area contributed by atoms with Crippen LogP contribution in [0.25, 0.3) is 0 Å². The second-order valence-corrected chi connectivity index (χ2v) is 6.80. The Morgan fingerprint density at radius 3 is 2.30 bits per heavy atom. The van der Waals surface area contributed by atoms with Crippen molar-refractivity contribution in [3.8, 4) is 17.2 Å². The normalized spacial score (nSPS) is 15.7. The van der Waals surface area contributed by atoms with Gasteiger partial charge in [0.05, 0.1) is 27.0 Å². The molecule has 30 heavy (non-hydrogen) atoms. The Balaban J connectivity index is 1.57. The average molecular weight is 417 g/mol. The van der Waals surface area contributed by atoms with E-state index in [1.54, 1.807) is 29.2 Å². The van der Waals surface area contributed by atoms with Gasteiger partial charge in [-0.25, -0.2) is 9.18 Å². The fraction of sp³-hybridized carbons (Fsp3) is 0.333. The van der Waals surface area contributed by atoms with Crippen molar-refractivity contribution in [1.82, 2.24) is 5.32 Å². The molecule has 0 spiro atoms. The number of methoxy groups -OCH3 is 3. The molecule has 0 saturated carbocycles. The van der Waals surface area contributed by atoms with Gasteiger partial charge in [-0.2, -0.15) is 0 Å². The highest BCUT2D eigenvalue weighted by molar-refractivity contribution is 5.96. The molecule has 0 radical (unpaired) electrons. The van der Waals surface area contributed by atoms with Gasteiger partial charge in [-0.1, -0.05) is 0 Å². The molecule has 2 aromatic carbocycles. The highest BCUT2D eigenvalue weighted by Crippen LogP contribution is 2.39. The SMILES string of the molecule is COc1cc(NC(=O)NC[C@H]2CC(=O)N(c3ccc(F)cc3)C2)cc(OC)c1OC. The molecule has 0 aliphatic carbocycles. The zero-order valence-corrected chi connectivity index (χ0v) is 17.0. The van der Waals surface area contributed by atoms with Crippen LogP contribution in [-0.4, -0.2) is 46.4 Å². The molecular formula is C21H24FN3O5. The van der Waals surface area contributed by atoms with E-state index in [-0.39, 0.29) is 17.6 Å². The molecule has 1 aliphatic rings. The second-order valence-electron chi connectivity index (χ2n) is 6.80. The molecule has 2 aromatic rings. The van der Waals surface area contributed by atoms with Crippen LogP contribution in [0.5, 0.6) is 17.2 Å². The molecule has 160 valence electrons. The Hall–Kier alpha value is -3.49. The van der Waals surface area contributed by atoms with Crippen LogP contribution in [0.15, 0.2) is 36.4 Å². The van der Waals surface area contributed by atoms with E-state index in [1.165, 1.54) is 33.5 Å². The van der Waals surface area contributed by atoms with Gasteiger partial charge in [0.1, 0.15) is 5.82 Å². The standard InChI is InChI=1S/C21H24FN3O5/c1-28-17-9-15(10-18(29-2)20(17)30-3)24-21(27)23-11-13-8-19(26)25(12-13)16-6-4-14(22)5-7-16/h4-7,9-10,13H,8,11-12H2,1-3H3,(H2,23,24,27)/t13-/m1/s1. The van der Waals surface area contributed by atoms with Crippen molar-refractivity contribution in [2.45, 2.75) is 6.42 Å². The van der Waals surface area contributed by atoms with Crippen molar-refractivity contribution in [2.24, 2.45) is 5.92 Å². The van der Waals surface area contributed by atoms with Gasteiger partial charge in [-0.15, -0.1) is 0 Å². The van der Waals surface area contributed by atoms with E-state index in [2.05, 4.69) is 10.6 Å². The molecule has 8 nitrogen and oxygen atoms in total. The minimum Gasteiger partial charge on any atom is -0.493 e. The Kier molecular flexibility index (Phi) is 6.61. The predicted molar refractivity (Wildman–Crippen MR) is 110 cm³/mol. The van der Waals surface area contributed by atoms with Gasteiger partial charge < -0.3 is 29.7 Å². The Bertz CT molecular complexity index is 894. The number of hydrogen-bond donors (Lipinski definition) is 2. The van der Waals surface area contributed by atoms with Crippen LogP contribution in [-0.2, 0) is 4.79 Å².